The van der Waals surface area contributed by atoms with Crippen molar-refractivity contribution in [3.05, 3.63) is 34.5 Å². The minimum Gasteiger partial charge on any atom is -0.633 e. The number of hydroxylamine groups is 3. The molecule has 0 spiro atoms. The van der Waals surface area contributed by atoms with Crippen LogP contribution >= 0.6 is 0 Å². The Morgan fingerprint density at radius 3 is 2.17 bits per heavy atom. The van der Waals surface area contributed by atoms with E-state index in [-0.39, 0.29) is 48.8 Å². The minimum atomic E-state index is -6.32. The normalized spacial score (nSPS) is 32.8. The lowest BCUT2D eigenvalue weighted by Gasteiger charge is -2.56. The molecule has 0 amide bonds. The molecule has 4 rings (SSSR count). The lowest BCUT2D eigenvalue weighted by molar-refractivity contribution is -0.861. The number of unbranched alkanes of at least 4 members (excludes halogenated alkanes) is 5. The molecule has 1 unspecified atom stereocenters. The van der Waals surface area contributed by atoms with Crippen molar-refractivity contribution < 1.29 is 50.0 Å². The summed E-state index contributed by atoms with van der Waals surface area (Å²) in [6, 6.07) is 5.22. The van der Waals surface area contributed by atoms with Gasteiger partial charge in [0.05, 0.1) is 25.7 Å². The molecule has 0 aliphatic heterocycles. The van der Waals surface area contributed by atoms with Gasteiger partial charge in [-0.25, -0.2) is 4.39 Å². The van der Waals surface area contributed by atoms with Crippen molar-refractivity contribution in [3.8, 4) is 5.75 Å². The van der Waals surface area contributed by atoms with Crippen molar-refractivity contribution in [1.82, 2.24) is 0 Å². The molecule has 264 valence electrons. The highest BCUT2D eigenvalue weighted by molar-refractivity contribution is 5.41. The van der Waals surface area contributed by atoms with Gasteiger partial charge in [0.1, 0.15) is 11.9 Å². The zero-order valence-corrected chi connectivity index (χ0v) is 27.0. The first-order chi connectivity index (χ1) is 21.1. The second-order valence-corrected chi connectivity index (χ2v) is 15.0. The highest BCUT2D eigenvalue weighted by Crippen LogP contribution is 2.66. The molecule has 2 fully saturated rings. The first-order valence-corrected chi connectivity index (χ1v) is 16.7. The SMILES string of the molecule is C[C@]1(O)CC[C@H]2[C@@H]3[C@H](CCCCC[N+](C)([O-])CCCCCCC(F)(F)C(F)(F)C(F)(F)F)Cc4cc(O)ccc4[C@H]3[C@@H](F)C[C@@]21C. The highest BCUT2D eigenvalue weighted by atomic mass is 19.4. The Kier molecular flexibility index (Phi) is 10.8. The number of alkyl halides is 8. The smallest absolute Gasteiger partial charge is 0.459 e. The van der Waals surface area contributed by atoms with E-state index in [1.54, 1.807) is 12.1 Å². The molecule has 12 heteroatoms. The Hall–Kier alpha value is -1.66. The number of phenolic OH excluding ortho intramolecular Hbond substituents is 1. The van der Waals surface area contributed by atoms with Crippen LogP contribution in [0.15, 0.2) is 18.2 Å². The van der Waals surface area contributed by atoms with Gasteiger partial charge in [0.15, 0.2) is 0 Å². The third-order valence-electron chi connectivity index (χ3n) is 11.8. The molecule has 3 aliphatic rings. The Morgan fingerprint density at radius 2 is 1.54 bits per heavy atom. The van der Waals surface area contributed by atoms with E-state index in [1.807, 2.05) is 19.9 Å². The molecule has 2 saturated carbocycles. The molecule has 0 bridgehead atoms. The van der Waals surface area contributed by atoms with Gasteiger partial charge in [-0.05, 0) is 112 Å². The summed E-state index contributed by atoms with van der Waals surface area (Å²) in [6.45, 7) is 4.37. The van der Waals surface area contributed by atoms with Gasteiger partial charge in [0, 0.05) is 17.8 Å². The van der Waals surface area contributed by atoms with E-state index >= 15 is 4.39 Å². The number of fused-ring (bicyclic) bond motifs is 5. The summed E-state index contributed by atoms with van der Waals surface area (Å²) in [4.78, 5) is 0. The second kappa shape index (κ2) is 13.3. The van der Waals surface area contributed by atoms with E-state index in [4.69, 9.17) is 0 Å². The fraction of sp³-hybridized carbons (Fsp3) is 0.824. The molecule has 0 aromatic heterocycles. The molecular weight excluding hydrogens is 622 g/mol. The number of phenols is 1. The van der Waals surface area contributed by atoms with Crippen LogP contribution in [0.25, 0.3) is 0 Å². The molecule has 0 radical (unpaired) electrons. The van der Waals surface area contributed by atoms with E-state index in [2.05, 4.69) is 0 Å². The summed E-state index contributed by atoms with van der Waals surface area (Å²) < 4.78 is 105. The third-order valence-corrected chi connectivity index (χ3v) is 11.8. The maximum Gasteiger partial charge on any atom is 0.459 e. The zero-order valence-electron chi connectivity index (χ0n) is 27.0. The summed E-state index contributed by atoms with van der Waals surface area (Å²) in [5.41, 5.74) is 0.490. The Balaban J connectivity index is 1.24. The van der Waals surface area contributed by atoms with Gasteiger partial charge in [0.25, 0.3) is 0 Å². The third kappa shape index (κ3) is 7.33. The number of benzene rings is 1. The Bertz CT molecular complexity index is 1190. The van der Waals surface area contributed by atoms with Gasteiger partial charge in [0.2, 0.25) is 0 Å². The van der Waals surface area contributed by atoms with Gasteiger partial charge in [-0.15, -0.1) is 0 Å². The maximum absolute atomic E-state index is 16.1. The van der Waals surface area contributed by atoms with Crippen molar-refractivity contribution in [2.75, 3.05) is 20.1 Å². The van der Waals surface area contributed by atoms with Crippen LogP contribution in [0.4, 0.5) is 35.1 Å². The molecule has 8 atom stereocenters. The van der Waals surface area contributed by atoms with Crippen molar-refractivity contribution in [2.24, 2.45) is 23.2 Å². The predicted octanol–water partition coefficient (Wildman–Crippen LogP) is 9.46. The number of quaternary nitrogens is 1. The maximum atomic E-state index is 16.1. The summed E-state index contributed by atoms with van der Waals surface area (Å²) in [5.74, 6) is -11.0. The summed E-state index contributed by atoms with van der Waals surface area (Å²) >= 11 is 0. The van der Waals surface area contributed by atoms with Gasteiger partial charge in [-0.1, -0.05) is 25.8 Å². The molecule has 0 saturated heterocycles. The molecule has 4 nitrogen and oxygen atoms in total. The second-order valence-electron chi connectivity index (χ2n) is 15.0. The van der Waals surface area contributed by atoms with E-state index in [0.717, 1.165) is 43.2 Å². The van der Waals surface area contributed by atoms with Crippen LogP contribution < -0.4 is 0 Å². The van der Waals surface area contributed by atoms with Crippen LogP contribution in [0.2, 0.25) is 0 Å². The van der Waals surface area contributed by atoms with Crippen molar-refractivity contribution >= 4 is 0 Å². The van der Waals surface area contributed by atoms with E-state index in [9.17, 15) is 46.2 Å². The summed E-state index contributed by atoms with van der Waals surface area (Å²) in [5, 5.41) is 34.3. The lowest BCUT2D eigenvalue weighted by Crippen LogP contribution is -2.54. The van der Waals surface area contributed by atoms with Gasteiger partial charge >= 0.3 is 18.0 Å². The standard InChI is InChI=1S/C34H49F8NO3/c1-30-21-27(35)29-25-13-12-24(44)20-23(25)19-22(28(29)26(30)14-16-31(30,2)45)11-7-6-10-18-43(3,46)17-9-5-4-8-15-32(36,37)33(38,39)34(40,41)42/h12-13,20,22,26-29,44-45H,4-11,14-19,21H2,1-3H3/t22-,26+,27+,28+,29+,30+,31+,43?/m1/s1. The first kappa shape index (κ1) is 37.2. The number of rotatable bonds is 14. The van der Waals surface area contributed by atoms with Crippen LogP contribution in [0.1, 0.15) is 108 Å². The molecule has 1 aromatic carbocycles. The van der Waals surface area contributed by atoms with Gasteiger partial charge in [-0.2, -0.15) is 30.7 Å². The summed E-state index contributed by atoms with van der Waals surface area (Å²) in [7, 11) is 1.50. The monoisotopic (exact) mass is 671 g/mol. The number of aliphatic hydroxyl groups is 1. The van der Waals surface area contributed by atoms with E-state index in [0.29, 0.717) is 32.2 Å². The largest absolute Gasteiger partial charge is 0.633 e. The van der Waals surface area contributed by atoms with Crippen molar-refractivity contribution in [3.63, 3.8) is 0 Å². The van der Waals surface area contributed by atoms with Crippen molar-refractivity contribution in [2.45, 2.75) is 133 Å². The van der Waals surface area contributed by atoms with Crippen LogP contribution in [0.3, 0.4) is 0 Å². The van der Waals surface area contributed by atoms with Crippen LogP contribution in [-0.4, -0.2) is 64.8 Å². The van der Waals surface area contributed by atoms with Crippen LogP contribution in [0.5, 0.6) is 5.75 Å². The molecular formula is C34H49F8NO3. The Labute approximate surface area is 266 Å². The quantitative estimate of drug-likeness (QED) is 0.0897. The number of nitrogens with zero attached hydrogens (tertiary/aromatic N) is 1. The number of aromatic hydroxyl groups is 1. The van der Waals surface area contributed by atoms with Crippen LogP contribution in [0, 0.1) is 28.4 Å². The molecule has 1 aromatic rings. The van der Waals surface area contributed by atoms with Gasteiger partial charge < -0.3 is 20.1 Å². The van der Waals surface area contributed by atoms with E-state index in [1.165, 1.54) is 7.05 Å². The average molecular weight is 672 g/mol. The number of halogens is 8. The molecule has 46 heavy (non-hydrogen) atoms. The fourth-order valence-corrected chi connectivity index (χ4v) is 8.94. The average Bonchev–Trinajstić information content (AvgIpc) is 3.16. The lowest BCUT2D eigenvalue weighted by atomic mass is 9.50. The Morgan fingerprint density at radius 1 is 0.935 bits per heavy atom. The zero-order chi connectivity index (χ0) is 34.3. The van der Waals surface area contributed by atoms with Crippen molar-refractivity contribution in [1.29, 1.82) is 0 Å². The predicted molar refractivity (Wildman–Crippen MR) is 159 cm³/mol. The summed E-state index contributed by atoms with van der Waals surface area (Å²) in [6.07, 6.45) is -3.29. The first-order valence-electron chi connectivity index (χ1n) is 16.7. The molecule has 0 heterocycles. The number of hydrogen-bond acceptors (Lipinski definition) is 3. The molecule has 2 N–H and O–H groups in total. The fourth-order valence-electron chi connectivity index (χ4n) is 8.94. The highest BCUT2D eigenvalue weighted by Gasteiger charge is 2.72. The topological polar surface area (TPSA) is 63.5 Å². The van der Waals surface area contributed by atoms with Crippen LogP contribution in [-0.2, 0) is 6.42 Å². The minimum absolute atomic E-state index is 0.0171. The van der Waals surface area contributed by atoms with E-state index < -0.39 is 52.7 Å². The number of hydrogen-bond donors (Lipinski definition) is 2. The van der Waals surface area contributed by atoms with Gasteiger partial charge in [-0.3, -0.25) is 0 Å². The molecule has 3 aliphatic carbocycles.